The second kappa shape index (κ2) is 5.16. The molecule has 0 saturated heterocycles. The first-order chi connectivity index (χ1) is 8.31. The highest BCUT2D eigenvalue weighted by atomic mass is 32.1. The standard InChI is InChI=1S/C11H7N3O2S/c12-14-10(9-6-17-7-13-9)11(15)16-8-4-2-1-3-5-8/h1-7H. The second-order valence-electron chi connectivity index (χ2n) is 3.02. The van der Waals surface area contributed by atoms with Gasteiger partial charge in [-0.3, -0.25) is 0 Å². The number of thiazole rings is 1. The molecule has 0 atom stereocenters. The number of hydrogen-bond donors (Lipinski definition) is 0. The Morgan fingerprint density at radius 3 is 2.71 bits per heavy atom. The van der Waals surface area contributed by atoms with Gasteiger partial charge in [-0.15, -0.1) is 11.3 Å². The second-order valence-corrected chi connectivity index (χ2v) is 3.74. The number of benzene rings is 1. The summed E-state index contributed by atoms with van der Waals surface area (Å²) in [6, 6.07) is 8.54. The molecule has 1 aromatic carbocycles. The minimum Gasteiger partial charge on any atom is -0.418 e. The van der Waals surface area contributed by atoms with Crippen LogP contribution in [0.2, 0.25) is 0 Å². The van der Waals surface area contributed by atoms with Crippen LogP contribution in [0.5, 0.6) is 5.75 Å². The van der Waals surface area contributed by atoms with Crippen LogP contribution in [0.3, 0.4) is 0 Å². The Morgan fingerprint density at radius 2 is 2.12 bits per heavy atom. The molecule has 5 nitrogen and oxygen atoms in total. The molecule has 0 bridgehead atoms. The molecule has 6 heteroatoms. The monoisotopic (exact) mass is 245 g/mol. The summed E-state index contributed by atoms with van der Waals surface area (Å²) in [6.07, 6.45) is 0. The van der Waals surface area contributed by atoms with E-state index in [1.54, 1.807) is 35.7 Å². The maximum absolute atomic E-state index is 11.7. The van der Waals surface area contributed by atoms with Crippen LogP contribution in [0.15, 0.2) is 41.2 Å². The van der Waals surface area contributed by atoms with Gasteiger partial charge in [-0.25, -0.2) is 9.78 Å². The normalized spacial score (nSPS) is 9.41. The molecule has 0 unspecified atom stereocenters. The SMILES string of the molecule is [N-]=[N+]=C(C(=O)Oc1ccccc1)c1cscn1. The molecule has 0 aliphatic rings. The third-order valence-electron chi connectivity index (χ3n) is 1.92. The zero-order valence-corrected chi connectivity index (χ0v) is 9.42. The van der Waals surface area contributed by atoms with Crippen molar-refractivity contribution in [2.24, 2.45) is 0 Å². The Labute approximate surface area is 101 Å². The van der Waals surface area contributed by atoms with Gasteiger partial charge in [-0.2, -0.15) is 4.79 Å². The average molecular weight is 245 g/mol. The highest BCUT2D eigenvalue weighted by Crippen LogP contribution is 2.10. The minimum atomic E-state index is -0.746. The van der Waals surface area contributed by atoms with E-state index in [9.17, 15) is 4.79 Å². The fourth-order valence-corrected chi connectivity index (χ4v) is 1.71. The summed E-state index contributed by atoms with van der Waals surface area (Å²) in [7, 11) is 0. The lowest BCUT2D eigenvalue weighted by Crippen LogP contribution is -2.22. The lowest BCUT2D eigenvalue weighted by molar-refractivity contribution is -0.131. The smallest absolute Gasteiger partial charge is 0.418 e. The summed E-state index contributed by atoms with van der Waals surface area (Å²) in [5, 5.41) is 1.60. The number of carbonyl (C=O) groups is 1. The van der Waals surface area contributed by atoms with Crippen LogP contribution in [-0.4, -0.2) is 21.5 Å². The van der Waals surface area contributed by atoms with Crippen molar-refractivity contribution in [2.75, 3.05) is 0 Å². The molecular weight excluding hydrogens is 238 g/mol. The molecular formula is C11H7N3O2S. The molecule has 0 spiro atoms. The van der Waals surface area contributed by atoms with Gasteiger partial charge in [0.05, 0.1) is 5.51 Å². The van der Waals surface area contributed by atoms with E-state index in [1.165, 1.54) is 16.8 Å². The molecule has 1 aromatic heterocycles. The van der Waals surface area contributed by atoms with Crippen molar-refractivity contribution in [1.82, 2.24) is 4.98 Å². The summed E-state index contributed by atoms with van der Waals surface area (Å²) < 4.78 is 5.03. The fourth-order valence-electron chi connectivity index (χ4n) is 1.17. The van der Waals surface area contributed by atoms with Gasteiger partial charge in [0.25, 0.3) is 0 Å². The fraction of sp³-hybridized carbons (Fsp3) is 0. The maximum Gasteiger partial charge on any atom is 0.429 e. The van der Waals surface area contributed by atoms with Gasteiger partial charge < -0.3 is 10.3 Å². The minimum absolute atomic E-state index is 0.213. The molecule has 0 radical (unpaired) electrons. The van der Waals surface area contributed by atoms with E-state index in [-0.39, 0.29) is 5.71 Å². The molecule has 0 aliphatic heterocycles. The van der Waals surface area contributed by atoms with Gasteiger partial charge in [0, 0.05) is 5.38 Å². The van der Waals surface area contributed by atoms with Crippen LogP contribution in [0.4, 0.5) is 0 Å². The number of esters is 1. The number of hydrogen-bond acceptors (Lipinski definition) is 4. The Hall–Kier alpha value is -2.30. The molecule has 0 aliphatic carbocycles. The van der Waals surface area contributed by atoms with E-state index < -0.39 is 5.97 Å². The zero-order chi connectivity index (χ0) is 12.1. The molecule has 84 valence electrons. The van der Waals surface area contributed by atoms with Gasteiger partial charge in [0.2, 0.25) is 0 Å². The van der Waals surface area contributed by atoms with Crippen molar-refractivity contribution >= 4 is 23.0 Å². The topological polar surface area (TPSA) is 75.6 Å². The van der Waals surface area contributed by atoms with Gasteiger partial charge in [-0.05, 0) is 12.1 Å². The van der Waals surface area contributed by atoms with E-state index in [4.69, 9.17) is 10.3 Å². The number of nitrogens with zero attached hydrogens (tertiary/aromatic N) is 3. The number of para-hydroxylation sites is 1. The third kappa shape index (κ3) is 2.63. The summed E-state index contributed by atoms with van der Waals surface area (Å²) in [5.74, 6) is -0.363. The first kappa shape index (κ1) is 11.2. The molecule has 0 N–H and O–H groups in total. The van der Waals surface area contributed by atoms with Crippen molar-refractivity contribution in [3.63, 3.8) is 0 Å². The predicted molar refractivity (Wildman–Crippen MR) is 61.9 cm³/mol. The van der Waals surface area contributed by atoms with Crippen molar-refractivity contribution in [3.8, 4) is 5.75 Å². The maximum atomic E-state index is 11.7. The van der Waals surface area contributed by atoms with Gasteiger partial charge >= 0.3 is 11.7 Å². The highest BCUT2D eigenvalue weighted by molar-refractivity contribution is 7.07. The number of aromatic nitrogens is 1. The van der Waals surface area contributed by atoms with Crippen molar-refractivity contribution < 1.29 is 14.3 Å². The lowest BCUT2D eigenvalue weighted by atomic mass is 10.3. The van der Waals surface area contributed by atoms with E-state index in [1.807, 2.05) is 0 Å². The van der Waals surface area contributed by atoms with Crippen LogP contribution < -0.4 is 4.74 Å². The quantitative estimate of drug-likeness (QED) is 0.272. The Kier molecular flexibility index (Phi) is 3.40. The Balaban J connectivity index is 2.18. The van der Waals surface area contributed by atoms with E-state index in [0.717, 1.165) is 0 Å². The molecule has 2 rings (SSSR count). The highest BCUT2D eigenvalue weighted by Gasteiger charge is 2.27. The van der Waals surface area contributed by atoms with Gasteiger partial charge in [0.15, 0.2) is 5.69 Å². The first-order valence-corrected chi connectivity index (χ1v) is 5.63. The Morgan fingerprint density at radius 1 is 1.35 bits per heavy atom. The molecule has 0 fully saturated rings. The van der Waals surface area contributed by atoms with Crippen molar-refractivity contribution in [2.45, 2.75) is 0 Å². The van der Waals surface area contributed by atoms with Crippen molar-refractivity contribution in [1.29, 1.82) is 0 Å². The average Bonchev–Trinajstić information content (AvgIpc) is 2.85. The lowest BCUT2D eigenvalue weighted by Gasteiger charge is -1.99. The summed E-state index contributed by atoms with van der Waals surface area (Å²) in [5.41, 5.74) is 10.4. The van der Waals surface area contributed by atoms with Crippen LogP contribution in [0, 0.1) is 0 Å². The largest absolute Gasteiger partial charge is 0.429 e. The molecule has 0 saturated carbocycles. The van der Waals surface area contributed by atoms with E-state index in [0.29, 0.717) is 11.4 Å². The molecule has 1 heterocycles. The summed E-state index contributed by atoms with van der Waals surface area (Å²) in [4.78, 5) is 18.5. The van der Waals surface area contributed by atoms with Crippen LogP contribution in [0.1, 0.15) is 5.69 Å². The van der Waals surface area contributed by atoms with Crippen molar-refractivity contribution in [3.05, 3.63) is 52.4 Å². The van der Waals surface area contributed by atoms with Crippen LogP contribution >= 0.6 is 11.3 Å². The molecule has 0 amide bonds. The summed E-state index contributed by atoms with van der Waals surface area (Å²) in [6.45, 7) is 0. The van der Waals surface area contributed by atoms with Crippen LogP contribution in [-0.2, 0) is 4.79 Å². The van der Waals surface area contributed by atoms with Gasteiger partial charge in [0.1, 0.15) is 5.75 Å². The molecule has 2 aromatic rings. The van der Waals surface area contributed by atoms with Crippen LogP contribution in [0.25, 0.3) is 5.53 Å². The number of ether oxygens (including phenoxy) is 1. The van der Waals surface area contributed by atoms with Gasteiger partial charge in [-0.1, -0.05) is 18.2 Å². The number of carbonyl (C=O) groups excluding carboxylic acids is 1. The zero-order valence-electron chi connectivity index (χ0n) is 8.61. The summed E-state index contributed by atoms with van der Waals surface area (Å²) >= 11 is 1.30. The predicted octanol–water partition coefficient (Wildman–Crippen LogP) is 1.77. The molecule has 17 heavy (non-hydrogen) atoms. The van der Waals surface area contributed by atoms with E-state index >= 15 is 0 Å². The number of rotatable bonds is 3. The third-order valence-corrected chi connectivity index (χ3v) is 2.51. The first-order valence-electron chi connectivity index (χ1n) is 4.69. The van der Waals surface area contributed by atoms with E-state index in [2.05, 4.69) is 9.77 Å². The Bertz CT molecular complexity index is 560.